The Bertz CT molecular complexity index is 883. The van der Waals surface area contributed by atoms with Crippen molar-refractivity contribution in [1.82, 2.24) is 15.2 Å². The van der Waals surface area contributed by atoms with Gasteiger partial charge in [0, 0.05) is 5.56 Å². The second kappa shape index (κ2) is 8.48. The number of hydrogen-bond donors (Lipinski definition) is 2. The quantitative estimate of drug-likeness (QED) is 0.618. The molecule has 3 aromatic rings. The molecule has 0 unspecified atom stereocenters. The van der Waals surface area contributed by atoms with E-state index in [4.69, 9.17) is 4.74 Å². The van der Waals surface area contributed by atoms with E-state index in [1.54, 1.807) is 24.3 Å². The van der Waals surface area contributed by atoms with E-state index in [9.17, 15) is 9.18 Å². The smallest absolute Gasteiger partial charge is 0.234 e. The Morgan fingerprint density at radius 3 is 2.77 bits per heavy atom. The molecule has 0 saturated heterocycles. The van der Waals surface area contributed by atoms with E-state index >= 15 is 0 Å². The molecule has 1 amide bonds. The van der Waals surface area contributed by atoms with Crippen LogP contribution in [0.3, 0.4) is 0 Å². The number of amides is 1. The lowest BCUT2D eigenvalue weighted by Gasteiger charge is -2.10. The van der Waals surface area contributed by atoms with Crippen LogP contribution in [0, 0.1) is 5.82 Å². The molecule has 0 saturated carbocycles. The summed E-state index contributed by atoms with van der Waals surface area (Å²) in [6.45, 7) is 2.40. The van der Waals surface area contributed by atoms with E-state index in [0.29, 0.717) is 29.0 Å². The predicted octanol–water partition coefficient (Wildman–Crippen LogP) is 3.74. The average Bonchev–Trinajstić information content (AvgIpc) is 3.11. The summed E-state index contributed by atoms with van der Waals surface area (Å²) < 4.78 is 18.5. The van der Waals surface area contributed by atoms with Crippen LogP contribution in [0.5, 0.6) is 5.75 Å². The summed E-state index contributed by atoms with van der Waals surface area (Å²) in [6.07, 6.45) is 0. The van der Waals surface area contributed by atoms with Crippen molar-refractivity contribution >= 4 is 23.4 Å². The zero-order valence-corrected chi connectivity index (χ0v) is 14.8. The van der Waals surface area contributed by atoms with Gasteiger partial charge in [-0.25, -0.2) is 9.37 Å². The van der Waals surface area contributed by atoms with E-state index < -0.39 is 0 Å². The number of carbonyl (C=O) groups is 1. The summed E-state index contributed by atoms with van der Waals surface area (Å²) in [5.41, 5.74) is 1.35. The third-order valence-electron chi connectivity index (χ3n) is 3.38. The Hall–Kier alpha value is -2.87. The maximum atomic E-state index is 13.0. The van der Waals surface area contributed by atoms with Crippen molar-refractivity contribution in [3.63, 3.8) is 0 Å². The van der Waals surface area contributed by atoms with Crippen LogP contribution in [0.15, 0.2) is 53.7 Å². The maximum absolute atomic E-state index is 13.0. The molecule has 2 N–H and O–H groups in total. The number of aromatic nitrogens is 3. The van der Waals surface area contributed by atoms with Crippen LogP contribution in [0.1, 0.15) is 6.92 Å². The highest BCUT2D eigenvalue weighted by Gasteiger charge is 2.11. The van der Waals surface area contributed by atoms with Gasteiger partial charge in [0.1, 0.15) is 11.6 Å². The van der Waals surface area contributed by atoms with Gasteiger partial charge in [0.25, 0.3) is 0 Å². The zero-order chi connectivity index (χ0) is 18.4. The molecule has 0 radical (unpaired) electrons. The molecule has 2 aromatic carbocycles. The molecular weight excluding hydrogens is 355 g/mol. The predicted molar refractivity (Wildman–Crippen MR) is 98.7 cm³/mol. The molecule has 26 heavy (non-hydrogen) atoms. The van der Waals surface area contributed by atoms with Gasteiger partial charge < -0.3 is 10.1 Å². The maximum Gasteiger partial charge on any atom is 0.234 e. The van der Waals surface area contributed by atoms with Crippen molar-refractivity contribution in [2.45, 2.75) is 12.1 Å². The third-order valence-corrected chi connectivity index (χ3v) is 4.22. The van der Waals surface area contributed by atoms with Gasteiger partial charge in [-0.2, -0.15) is 0 Å². The molecule has 0 atom stereocenters. The summed E-state index contributed by atoms with van der Waals surface area (Å²) in [5, 5.41) is 10.1. The Kier molecular flexibility index (Phi) is 5.85. The number of halogens is 1. The fourth-order valence-electron chi connectivity index (χ4n) is 2.22. The normalized spacial score (nSPS) is 10.5. The molecule has 8 heteroatoms. The van der Waals surface area contributed by atoms with Crippen LogP contribution in [0.25, 0.3) is 11.4 Å². The Morgan fingerprint density at radius 1 is 1.23 bits per heavy atom. The second-order valence-electron chi connectivity index (χ2n) is 5.24. The molecule has 0 spiro atoms. The van der Waals surface area contributed by atoms with Gasteiger partial charge in [0.2, 0.25) is 11.1 Å². The SMILES string of the molecule is CCOc1ccccc1NC(=O)CSc1n[nH]c(-c2ccc(F)cc2)n1. The molecule has 0 aliphatic rings. The van der Waals surface area contributed by atoms with E-state index in [1.165, 1.54) is 23.9 Å². The van der Waals surface area contributed by atoms with Crippen LogP contribution in [0.4, 0.5) is 10.1 Å². The molecule has 1 aromatic heterocycles. The minimum absolute atomic E-state index is 0.154. The minimum atomic E-state index is -0.313. The molecular formula is C18H17FN4O2S. The zero-order valence-electron chi connectivity index (χ0n) is 14.0. The largest absolute Gasteiger partial charge is 0.492 e. The van der Waals surface area contributed by atoms with Gasteiger partial charge in [0.05, 0.1) is 18.0 Å². The van der Waals surface area contributed by atoms with Crippen LogP contribution in [-0.4, -0.2) is 33.4 Å². The van der Waals surface area contributed by atoms with Crippen molar-refractivity contribution in [2.24, 2.45) is 0 Å². The van der Waals surface area contributed by atoms with Crippen LogP contribution in [-0.2, 0) is 4.79 Å². The Morgan fingerprint density at radius 2 is 2.00 bits per heavy atom. The number of anilines is 1. The van der Waals surface area contributed by atoms with Crippen LogP contribution in [0.2, 0.25) is 0 Å². The van der Waals surface area contributed by atoms with Crippen molar-refractivity contribution in [3.05, 3.63) is 54.3 Å². The number of carbonyl (C=O) groups excluding carboxylic acids is 1. The molecule has 134 valence electrons. The average molecular weight is 372 g/mol. The molecule has 0 aliphatic carbocycles. The highest BCUT2D eigenvalue weighted by Crippen LogP contribution is 2.24. The fourth-order valence-corrected chi connectivity index (χ4v) is 2.81. The van der Waals surface area contributed by atoms with Crippen molar-refractivity contribution < 1.29 is 13.9 Å². The summed E-state index contributed by atoms with van der Waals surface area (Å²) in [7, 11) is 0. The van der Waals surface area contributed by atoms with E-state index in [2.05, 4.69) is 20.5 Å². The van der Waals surface area contributed by atoms with Gasteiger partial charge in [-0.3, -0.25) is 9.89 Å². The van der Waals surface area contributed by atoms with Gasteiger partial charge in [-0.05, 0) is 43.3 Å². The number of aromatic amines is 1. The number of thioether (sulfide) groups is 1. The molecule has 3 rings (SSSR count). The van der Waals surface area contributed by atoms with E-state index in [-0.39, 0.29) is 17.5 Å². The topological polar surface area (TPSA) is 79.9 Å². The lowest BCUT2D eigenvalue weighted by Crippen LogP contribution is -2.15. The lowest BCUT2D eigenvalue weighted by molar-refractivity contribution is -0.113. The first-order valence-corrected chi connectivity index (χ1v) is 8.97. The fraction of sp³-hybridized carbons (Fsp3) is 0.167. The number of nitrogens with zero attached hydrogens (tertiary/aromatic N) is 2. The third kappa shape index (κ3) is 4.60. The monoisotopic (exact) mass is 372 g/mol. The van der Waals surface area contributed by atoms with Gasteiger partial charge >= 0.3 is 0 Å². The number of H-pyrrole nitrogens is 1. The molecule has 6 nitrogen and oxygen atoms in total. The minimum Gasteiger partial charge on any atom is -0.492 e. The second-order valence-corrected chi connectivity index (χ2v) is 6.18. The van der Waals surface area contributed by atoms with E-state index in [0.717, 1.165) is 5.56 Å². The Labute approximate surface area is 154 Å². The lowest BCUT2D eigenvalue weighted by atomic mass is 10.2. The summed E-state index contributed by atoms with van der Waals surface area (Å²) in [6, 6.07) is 13.2. The van der Waals surface area contributed by atoms with Gasteiger partial charge in [0.15, 0.2) is 5.82 Å². The van der Waals surface area contributed by atoms with Crippen molar-refractivity contribution in [1.29, 1.82) is 0 Å². The Balaban J connectivity index is 1.58. The summed E-state index contributed by atoms with van der Waals surface area (Å²) >= 11 is 1.21. The van der Waals surface area contributed by atoms with Crippen molar-refractivity contribution in [2.75, 3.05) is 17.7 Å². The van der Waals surface area contributed by atoms with Crippen LogP contribution < -0.4 is 10.1 Å². The first kappa shape index (κ1) is 17.9. The van der Waals surface area contributed by atoms with Crippen LogP contribution >= 0.6 is 11.8 Å². The highest BCUT2D eigenvalue weighted by molar-refractivity contribution is 7.99. The summed E-state index contributed by atoms with van der Waals surface area (Å²) in [5.74, 6) is 0.808. The first-order valence-electron chi connectivity index (χ1n) is 7.98. The first-order chi connectivity index (χ1) is 12.7. The standard InChI is InChI=1S/C18H17FN4O2S/c1-2-25-15-6-4-3-5-14(15)20-16(24)11-26-18-21-17(22-23-18)12-7-9-13(19)10-8-12/h3-10H,2,11H2,1H3,(H,20,24)(H,21,22,23). The molecule has 1 heterocycles. The molecule has 0 aliphatic heterocycles. The summed E-state index contributed by atoms with van der Waals surface area (Å²) in [4.78, 5) is 16.5. The van der Waals surface area contributed by atoms with Gasteiger partial charge in [-0.1, -0.05) is 23.9 Å². The number of rotatable bonds is 7. The molecule has 0 fully saturated rings. The van der Waals surface area contributed by atoms with Gasteiger partial charge in [-0.15, -0.1) is 5.10 Å². The highest BCUT2D eigenvalue weighted by atomic mass is 32.2. The molecule has 0 bridgehead atoms. The number of benzene rings is 2. The number of hydrogen-bond acceptors (Lipinski definition) is 5. The number of nitrogens with one attached hydrogen (secondary N) is 2. The number of para-hydroxylation sites is 2. The number of ether oxygens (including phenoxy) is 1. The van der Waals surface area contributed by atoms with E-state index in [1.807, 2.05) is 19.1 Å². The van der Waals surface area contributed by atoms with Crippen molar-refractivity contribution in [3.8, 4) is 17.1 Å².